The molecule has 4 rings (SSSR count). The fourth-order valence-corrected chi connectivity index (χ4v) is 8.18. The number of nitrogens with one attached hydrogen (secondary N) is 9. The number of aromatic nitrogens is 1. The maximum Gasteiger partial charge on any atom is 0.243 e. The summed E-state index contributed by atoms with van der Waals surface area (Å²) in [5.74, 6) is -9.78. The van der Waals surface area contributed by atoms with Crippen LogP contribution in [0, 0.1) is 11.3 Å². The number of H-pyrrole nitrogens is 1. The molecule has 77 heavy (non-hydrogen) atoms. The van der Waals surface area contributed by atoms with E-state index >= 15 is 0 Å². The average Bonchev–Trinajstić information content (AvgIpc) is 3.78. The Hall–Kier alpha value is -9.29. The van der Waals surface area contributed by atoms with Crippen molar-refractivity contribution in [2.45, 2.75) is 120 Å². The Morgan fingerprint density at radius 1 is 0.727 bits per heavy atom. The van der Waals surface area contributed by atoms with Crippen molar-refractivity contribution in [3.05, 3.63) is 71.4 Å². The third kappa shape index (κ3) is 20.5. The molecular formula is C49H68N18O10. The second-order valence-electron chi connectivity index (χ2n) is 18.2. The summed E-state index contributed by atoms with van der Waals surface area (Å²) in [5.41, 5.74) is 35.3. The summed E-state index contributed by atoms with van der Waals surface area (Å²) in [7, 11) is 0. The monoisotopic (exact) mass is 1070 g/mol. The number of guanidine groups is 2. The molecule has 1 aromatic heterocycles. The van der Waals surface area contributed by atoms with Gasteiger partial charge in [0, 0.05) is 56.5 Å². The fraction of sp³-hybridized carbons (Fsp3) is 0.449. The molecule has 2 aromatic carbocycles. The lowest BCUT2D eigenvalue weighted by Gasteiger charge is -2.27. The standard InChI is InChI=1S/C49H68N18O10/c1-26(68)61-33(11-6-18-58-48(53)54)42(72)67-38-23-40(70)57-17-5-4-10-32(41(52)71)62-45(75)36(21-29-25-60-31-9-3-2-8-30(29)31)65-43(73)34(12-7-19-59-49(55)56)63-44(74)35(20-27-13-15-28(24-50)16-14-27)64-46(76)37(22-39(51)69)66-47(38)77/h2-3,8-9,13-16,25,32-38,60H,4-7,10-12,17-23H2,1H3,(H2,51,69)(H2,52,71)(H,57,70)(H,61,68)(H,62,75)(H,63,74)(H,64,76)(H,65,73)(H,66,77)(H,67,72)(H4,53,54,58)(H4,55,56,59)/t32-,33-,34-,35+,36-,37-,38-/m0/s1. The quantitative estimate of drug-likeness (QED) is 0.0324. The molecule has 28 heteroatoms. The van der Waals surface area contributed by atoms with Crippen molar-refractivity contribution in [1.82, 2.24) is 47.5 Å². The Balaban J connectivity index is 1.80. The van der Waals surface area contributed by atoms with Crippen molar-refractivity contribution in [3.63, 3.8) is 0 Å². The van der Waals surface area contributed by atoms with Crippen LogP contribution in [-0.4, -0.2) is 138 Å². The molecule has 0 bridgehead atoms. The number of nitriles is 1. The zero-order valence-corrected chi connectivity index (χ0v) is 42.5. The molecule has 7 atom stereocenters. The van der Waals surface area contributed by atoms with E-state index in [2.05, 4.69) is 57.5 Å². The minimum atomic E-state index is -1.85. The number of hydrogen-bond acceptors (Lipinski definition) is 13. The van der Waals surface area contributed by atoms with Crippen LogP contribution in [0.5, 0.6) is 0 Å². The number of carbonyl (C=O) groups is 10. The summed E-state index contributed by atoms with van der Waals surface area (Å²) < 4.78 is 0. The Morgan fingerprint density at radius 3 is 1.96 bits per heavy atom. The van der Waals surface area contributed by atoms with Gasteiger partial charge < -0.3 is 81.9 Å². The largest absolute Gasteiger partial charge is 0.370 e. The number of aliphatic imine (C=N–C) groups is 2. The lowest BCUT2D eigenvalue weighted by molar-refractivity contribution is -0.137. The molecule has 0 aliphatic carbocycles. The number of carbonyl (C=O) groups excluding carboxylic acids is 10. The van der Waals surface area contributed by atoms with E-state index in [0.717, 1.165) is 17.8 Å². The summed E-state index contributed by atoms with van der Waals surface area (Å²) in [6.45, 7) is 1.17. The van der Waals surface area contributed by atoms with Gasteiger partial charge in [-0.3, -0.25) is 57.9 Å². The number of hydrogen-bond donors (Lipinski definition) is 15. The lowest BCUT2D eigenvalue weighted by atomic mass is 10.0. The number of para-hydroxylation sites is 1. The van der Waals surface area contributed by atoms with Crippen LogP contribution in [0.25, 0.3) is 10.9 Å². The minimum absolute atomic E-state index is 0.00266. The molecule has 21 N–H and O–H groups in total. The molecule has 0 unspecified atom stereocenters. The number of primary amides is 2. The van der Waals surface area contributed by atoms with Crippen LogP contribution < -0.4 is 76.9 Å². The average molecular weight is 1070 g/mol. The molecule has 28 nitrogen and oxygen atoms in total. The van der Waals surface area contributed by atoms with E-state index in [9.17, 15) is 53.2 Å². The van der Waals surface area contributed by atoms with Crippen LogP contribution in [-0.2, 0) is 60.8 Å². The Labute approximate surface area is 442 Å². The van der Waals surface area contributed by atoms with E-state index in [1.165, 1.54) is 24.3 Å². The van der Waals surface area contributed by atoms with Gasteiger partial charge in [-0.05, 0) is 74.3 Å². The maximum absolute atomic E-state index is 14.6. The van der Waals surface area contributed by atoms with E-state index in [4.69, 9.17) is 34.4 Å². The van der Waals surface area contributed by atoms with Crippen LogP contribution in [0.1, 0.15) is 81.4 Å². The normalized spacial score (nSPS) is 20.7. The number of nitrogens with two attached hydrogens (primary N) is 6. The highest BCUT2D eigenvalue weighted by atomic mass is 16.2. The van der Waals surface area contributed by atoms with E-state index in [-0.39, 0.29) is 94.9 Å². The van der Waals surface area contributed by atoms with Crippen LogP contribution in [0.4, 0.5) is 0 Å². The lowest BCUT2D eigenvalue weighted by Crippen LogP contribution is -2.61. The molecule has 2 heterocycles. The van der Waals surface area contributed by atoms with Crippen molar-refractivity contribution < 1.29 is 47.9 Å². The highest BCUT2D eigenvalue weighted by Gasteiger charge is 2.36. The van der Waals surface area contributed by atoms with Gasteiger partial charge in [0.25, 0.3) is 0 Å². The molecule has 1 aliphatic rings. The number of nitrogens with zero attached hydrogens (tertiary/aromatic N) is 3. The Bertz CT molecular complexity index is 2710. The third-order valence-corrected chi connectivity index (χ3v) is 12.1. The third-order valence-electron chi connectivity index (χ3n) is 12.1. The van der Waals surface area contributed by atoms with Gasteiger partial charge in [0.15, 0.2) is 11.9 Å². The van der Waals surface area contributed by atoms with Gasteiger partial charge in [0.2, 0.25) is 59.1 Å². The predicted octanol–water partition coefficient (Wildman–Crippen LogP) is -4.60. The summed E-state index contributed by atoms with van der Waals surface area (Å²) in [4.78, 5) is 148. The highest BCUT2D eigenvalue weighted by Crippen LogP contribution is 2.20. The molecular weight excluding hydrogens is 1000 g/mol. The van der Waals surface area contributed by atoms with Gasteiger partial charge in [-0.1, -0.05) is 30.3 Å². The molecule has 1 saturated heterocycles. The van der Waals surface area contributed by atoms with Crippen LogP contribution >= 0.6 is 0 Å². The fourth-order valence-electron chi connectivity index (χ4n) is 8.18. The van der Waals surface area contributed by atoms with Gasteiger partial charge in [-0.15, -0.1) is 0 Å². The van der Waals surface area contributed by atoms with Crippen molar-refractivity contribution in [1.29, 1.82) is 5.26 Å². The van der Waals surface area contributed by atoms with E-state index in [1.807, 2.05) is 12.1 Å². The topological polar surface area (TPSA) is 487 Å². The highest BCUT2D eigenvalue weighted by molar-refractivity contribution is 6.00. The molecule has 1 fully saturated rings. The van der Waals surface area contributed by atoms with Crippen LogP contribution in [0.2, 0.25) is 0 Å². The molecule has 0 saturated carbocycles. The zero-order chi connectivity index (χ0) is 56.6. The minimum Gasteiger partial charge on any atom is -0.370 e. The van der Waals surface area contributed by atoms with Gasteiger partial charge >= 0.3 is 0 Å². The van der Waals surface area contributed by atoms with Crippen molar-refractivity contribution >= 4 is 81.9 Å². The first kappa shape index (κ1) is 60.3. The number of fused-ring (bicyclic) bond motifs is 1. The van der Waals surface area contributed by atoms with Crippen LogP contribution in [0.3, 0.4) is 0 Å². The number of rotatable bonds is 18. The molecule has 0 radical (unpaired) electrons. The number of amides is 10. The summed E-state index contributed by atoms with van der Waals surface area (Å²) in [6, 6.07) is 4.46. The smallest absolute Gasteiger partial charge is 0.243 e. The summed E-state index contributed by atoms with van der Waals surface area (Å²) >= 11 is 0. The van der Waals surface area contributed by atoms with Gasteiger partial charge in [-0.2, -0.15) is 5.26 Å². The first-order valence-corrected chi connectivity index (χ1v) is 24.7. The van der Waals surface area contributed by atoms with Crippen molar-refractivity contribution in [2.75, 3.05) is 19.6 Å². The van der Waals surface area contributed by atoms with E-state index in [1.54, 1.807) is 24.4 Å². The van der Waals surface area contributed by atoms with Crippen molar-refractivity contribution in [3.8, 4) is 6.07 Å². The molecule has 3 aromatic rings. The number of benzene rings is 2. The van der Waals surface area contributed by atoms with E-state index < -0.39 is 114 Å². The van der Waals surface area contributed by atoms with Gasteiger partial charge in [-0.25, -0.2) is 0 Å². The van der Waals surface area contributed by atoms with Crippen molar-refractivity contribution in [2.24, 2.45) is 44.4 Å². The second-order valence-corrected chi connectivity index (χ2v) is 18.2. The Morgan fingerprint density at radius 2 is 1.32 bits per heavy atom. The number of aromatic amines is 1. The first-order chi connectivity index (χ1) is 36.6. The van der Waals surface area contributed by atoms with E-state index in [0.29, 0.717) is 11.1 Å². The molecule has 10 amide bonds. The van der Waals surface area contributed by atoms with Gasteiger partial charge in [0.1, 0.15) is 42.3 Å². The molecule has 414 valence electrons. The molecule has 1 aliphatic heterocycles. The predicted molar refractivity (Wildman–Crippen MR) is 280 cm³/mol. The summed E-state index contributed by atoms with van der Waals surface area (Å²) in [5, 5.41) is 30.6. The SMILES string of the molecule is CC(=O)N[C@@H](CCCN=C(N)N)C(=O)N[C@H]1CC(=O)NCCCC[C@@H](C(N)=O)NC(=O)[C@H](Cc2c[nH]c3ccccc23)NC(=O)[C@H](CCCN=C(N)N)NC(=O)[C@@H](Cc2ccc(C#N)cc2)NC(=O)[C@H](CC(N)=O)NC1=O. The second kappa shape index (κ2) is 30.2. The first-order valence-electron chi connectivity index (χ1n) is 24.7. The zero-order valence-electron chi connectivity index (χ0n) is 42.5. The van der Waals surface area contributed by atoms with Gasteiger partial charge in [0.05, 0.1) is 24.5 Å². The molecule has 0 spiro atoms. The summed E-state index contributed by atoms with van der Waals surface area (Å²) in [6.07, 6.45) is 0.0930. The maximum atomic E-state index is 14.6. The Kier molecular flexibility index (Phi) is 23.6. The van der Waals surface area contributed by atoms with Crippen LogP contribution in [0.15, 0.2) is 64.7 Å².